The number of aliphatic carboxylic acids is 1. The predicted molar refractivity (Wildman–Crippen MR) is 207 cm³/mol. The number of sulfone groups is 1. The number of nitrogens with zero attached hydrogens (tertiary/aromatic N) is 4. The Hall–Kier alpha value is -5.58. The number of anilines is 3. The van der Waals surface area contributed by atoms with E-state index in [4.69, 9.17) is 9.47 Å². The summed E-state index contributed by atoms with van der Waals surface area (Å²) in [6.45, 7) is 8.40. The van der Waals surface area contributed by atoms with E-state index in [0.717, 1.165) is 22.3 Å². The zero-order valence-electron chi connectivity index (χ0n) is 31.1. The smallest absolute Gasteiger partial charge is 0.423 e. The van der Waals surface area contributed by atoms with Crippen LogP contribution >= 0.6 is 12.4 Å². The molecule has 0 bridgehead atoms. The van der Waals surface area contributed by atoms with Crippen LogP contribution in [0.4, 0.5) is 26.5 Å². The number of rotatable bonds is 12. The first-order valence-electron chi connectivity index (χ1n) is 16.8. The average molecular weight is 797 g/mol. The molecular formula is C38H42ClFN6O8S. The number of ether oxygens (including phenoxy) is 2. The third kappa shape index (κ3) is 9.95. The van der Waals surface area contributed by atoms with Crippen molar-refractivity contribution in [1.29, 1.82) is 0 Å². The molecule has 0 aliphatic rings. The lowest BCUT2D eigenvalue weighted by Gasteiger charge is -2.31. The number of fused-ring (bicyclic) bond motifs is 1. The van der Waals surface area contributed by atoms with Crippen molar-refractivity contribution in [3.05, 3.63) is 96.4 Å². The average Bonchev–Trinajstić information content (AvgIpc) is 3.53. The number of carbonyl (C=O) groups is 3. The van der Waals surface area contributed by atoms with Gasteiger partial charge in [-0.05, 0) is 78.9 Å². The fourth-order valence-corrected chi connectivity index (χ4v) is 6.20. The number of halogens is 2. The van der Waals surface area contributed by atoms with Crippen LogP contribution in [-0.4, -0.2) is 71.7 Å². The van der Waals surface area contributed by atoms with Crippen molar-refractivity contribution in [2.75, 3.05) is 23.6 Å². The zero-order valence-corrected chi connectivity index (χ0v) is 32.7. The van der Waals surface area contributed by atoms with Crippen LogP contribution in [0.1, 0.15) is 46.1 Å². The Balaban J connectivity index is 0.00000673. The van der Waals surface area contributed by atoms with Gasteiger partial charge in [-0.2, -0.15) is 4.98 Å². The SMILES string of the molecule is COc1cc(S(C)(=O)=O)ccc1N(C(=O)OC(C)N[C@H](C(=O)O)C(C)(C)C)c1nc2ccc(-c3ccc(NC(=O)[C@H](C)c4ccc(F)cc4)cc3)cn2n1.Cl. The highest BCUT2D eigenvalue weighted by atomic mass is 35.5. The summed E-state index contributed by atoms with van der Waals surface area (Å²) in [4.78, 5) is 44.3. The largest absolute Gasteiger partial charge is 0.495 e. The van der Waals surface area contributed by atoms with Crippen LogP contribution in [0.15, 0.2) is 90.0 Å². The van der Waals surface area contributed by atoms with Gasteiger partial charge in [-0.25, -0.2) is 27.0 Å². The summed E-state index contributed by atoms with van der Waals surface area (Å²) in [5.41, 5.74) is 2.43. The lowest BCUT2D eigenvalue weighted by atomic mass is 9.87. The number of carboxylic acids is 1. The standard InChI is InChI=1S/C38H41FN6O8S.ClH/c1-22(24-8-13-27(39)14-9-24)34(46)41-28-15-10-25(11-16-28)26-12-19-32-42-36(43-44(32)21-26)45(30-18-17-29(54(7,50)51)20-31(30)52-6)37(49)53-23(2)40-33(35(47)48)38(3,4)5;/h8-23,33,40H,1-7H3,(H,41,46)(H,47,48);1H/t22-,23?,33-;/m1./s1. The second-order valence-electron chi connectivity index (χ2n) is 13.7. The minimum absolute atomic E-state index is 0. The minimum Gasteiger partial charge on any atom is -0.495 e. The lowest BCUT2D eigenvalue weighted by Crippen LogP contribution is -2.51. The molecule has 0 radical (unpaired) electrons. The maximum absolute atomic E-state index is 13.9. The summed E-state index contributed by atoms with van der Waals surface area (Å²) in [5.74, 6) is -2.41. The summed E-state index contributed by atoms with van der Waals surface area (Å²) in [6.07, 6.45) is 0.635. The van der Waals surface area contributed by atoms with Crippen LogP contribution in [0.25, 0.3) is 16.8 Å². The second kappa shape index (κ2) is 16.8. The van der Waals surface area contributed by atoms with E-state index in [1.807, 2.05) is 12.1 Å². The fraction of sp³-hybridized carbons (Fsp3) is 0.289. The van der Waals surface area contributed by atoms with Gasteiger partial charge in [-0.1, -0.05) is 45.0 Å². The molecule has 0 fully saturated rings. The Labute approximate surface area is 324 Å². The van der Waals surface area contributed by atoms with Crippen molar-refractivity contribution in [1.82, 2.24) is 19.9 Å². The van der Waals surface area contributed by atoms with Gasteiger partial charge in [-0.15, -0.1) is 17.5 Å². The molecule has 2 aromatic heterocycles. The van der Waals surface area contributed by atoms with Crippen LogP contribution < -0.4 is 20.3 Å². The van der Waals surface area contributed by atoms with Crippen molar-refractivity contribution in [2.24, 2.45) is 5.41 Å². The van der Waals surface area contributed by atoms with Gasteiger partial charge in [0, 0.05) is 29.8 Å². The Morgan fingerprint density at radius 3 is 2.16 bits per heavy atom. The molecule has 292 valence electrons. The van der Waals surface area contributed by atoms with Gasteiger partial charge < -0.3 is 19.9 Å². The molecule has 2 heterocycles. The van der Waals surface area contributed by atoms with Crippen LogP contribution in [0.5, 0.6) is 5.75 Å². The van der Waals surface area contributed by atoms with Gasteiger partial charge in [0.2, 0.25) is 5.91 Å². The molecule has 3 atom stereocenters. The third-order valence-electron chi connectivity index (χ3n) is 8.56. The van der Waals surface area contributed by atoms with Gasteiger partial charge >= 0.3 is 12.1 Å². The highest BCUT2D eigenvalue weighted by Crippen LogP contribution is 2.36. The summed E-state index contributed by atoms with van der Waals surface area (Å²) in [5, 5.41) is 20.0. The van der Waals surface area contributed by atoms with E-state index in [1.165, 1.54) is 48.9 Å². The molecule has 0 aliphatic carbocycles. The van der Waals surface area contributed by atoms with E-state index < -0.39 is 45.5 Å². The number of aromatic nitrogens is 3. The van der Waals surface area contributed by atoms with Crippen LogP contribution in [0.3, 0.4) is 0 Å². The molecule has 5 aromatic rings. The third-order valence-corrected chi connectivity index (χ3v) is 9.67. The first kappa shape index (κ1) is 42.2. The first-order valence-corrected chi connectivity index (χ1v) is 18.7. The number of methoxy groups -OCH3 is 1. The van der Waals surface area contributed by atoms with Crippen molar-refractivity contribution >= 4 is 63.2 Å². The summed E-state index contributed by atoms with van der Waals surface area (Å²) < 4.78 is 50.6. The molecule has 5 rings (SSSR count). The van der Waals surface area contributed by atoms with E-state index >= 15 is 0 Å². The van der Waals surface area contributed by atoms with Crippen molar-refractivity contribution < 1.29 is 41.8 Å². The minimum atomic E-state index is -3.64. The molecule has 3 aromatic carbocycles. The number of carboxylic acid groups (broad SMARTS) is 1. The summed E-state index contributed by atoms with van der Waals surface area (Å²) in [7, 11) is -2.33. The molecule has 3 N–H and O–H groups in total. The topological polar surface area (TPSA) is 182 Å². The van der Waals surface area contributed by atoms with E-state index in [0.29, 0.717) is 16.9 Å². The summed E-state index contributed by atoms with van der Waals surface area (Å²) in [6, 6.07) is 19.2. The second-order valence-corrected chi connectivity index (χ2v) is 15.8. The summed E-state index contributed by atoms with van der Waals surface area (Å²) >= 11 is 0. The molecule has 0 aliphatic heterocycles. The fourth-order valence-electron chi connectivity index (χ4n) is 5.56. The molecule has 0 saturated carbocycles. The number of pyridine rings is 1. The molecule has 17 heteroatoms. The molecule has 2 amide bonds. The lowest BCUT2D eigenvalue weighted by molar-refractivity contribution is -0.143. The Morgan fingerprint density at radius 1 is 0.945 bits per heavy atom. The molecule has 0 spiro atoms. The van der Waals surface area contributed by atoms with E-state index in [-0.39, 0.29) is 46.4 Å². The molecule has 1 unspecified atom stereocenters. The highest BCUT2D eigenvalue weighted by molar-refractivity contribution is 7.90. The van der Waals surface area contributed by atoms with Gasteiger partial charge in [-0.3, -0.25) is 14.9 Å². The first-order chi connectivity index (χ1) is 25.3. The monoisotopic (exact) mass is 796 g/mol. The number of benzene rings is 3. The Bertz CT molecular complexity index is 2300. The number of hydrogen-bond donors (Lipinski definition) is 3. The number of hydrogen-bond acceptors (Lipinski definition) is 10. The zero-order chi connectivity index (χ0) is 39.5. The van der Waals surface area contributed by atoms with Crippen LogP contribution in [0.2, 0.25) is 0 Å². The maximum atomic E-state index is 13.9. The van der Waals surface area contributed by atoms with Crippen molar-refractivity contribution in [2.45, 2.75) is 57.7 Å². The van der Waals surface area contributed by atoms with Gasteiger partial charge in [0.15, 0.2) is 21.7 Å². The Kier molecular flexibility index (Phi) is 12.9. The highest BCUT2D eigenvalue weighted by Gasteiger charge is 2.35. The normalized spacial score (nSPS) is 13.2. The molecule has 0 saturated heterocycles. The van der Waals surface area contributed by atoms with Crippen molar-refractivity contribution in [3.63, 3.8) is 0 Å². The van der Waals surface area contributed by atoms with E-state index in [1.54, 1.807) is 70.3 Å². The molecule has 14 nitrogen and oxygen atoms in total. The Morgan fingerprint density at radius 2 is 1.58 bits per heavy atom. The number of nitrogens with one attached hydrogen (secondary N) is 2. The quantitative estimate of drug-likeness (QED) is 0.113. The number of carbonyl (C=O) groups excluding carboxylic acids is 2. The molecule has 55 heavy (non-hydrogen) atoms. The van der Waals surface area contributed by atoms with Crippen molar-refractivity contribution in [3.8, 4) is 16.9 Å². The van der Waals surface area contributed by atoms with Gasteiger partial charge in [0.05, 0.1) is 23.6 Å². The van der Waals surface area contributed by atoms with E-state index in [9.17, 15) is 32.3 Å². The number of amides is 2. The van der Waals surface area contributed by atoms with Crippen LogP contribution in [-0.2, 0) is 24.2 Å². The van der Waals surface area contributed by atoms with Gasteiger partial charge in [0.25, 0.3) is 5.95 Å². The predicted octanol–water partition coefficient (Wildman–Crippen LogP) is 6.82. The van der Waals surface area contributed by atoms with Gasteiger partial charge in [0.1, 0.15) is 17.6 Å². The maximum Gasteiger partial charge on any atom is 0.423 e. The van der Waals surface area contributed by atoms with Crippen LogP contribution in [0, 0.1) is 11.2 Å². The molecular weight excluding hydrogens is 755 g/mol. The van der Waals surface area contributed by atoms with E-state index in [2.05, 4.69) is 20.7 Å².